The van der Waals surface area contributed by atoms with Crippen LogP contribution < -0.4 is 10.2 Å². The number of likely N-dealkylation sites (tertiary alicyclic amines) is 1. The highest BCUT2D eigenvalue weighted by Gasteiger charge is 2.52. The Hall–Kier alpha value is -2.36. The van der Waals surface area contributed by atoms with E-state index in [1.807, 2.05) is 45.9 Å². The van der Waals surface area contributed by atoms with Gasteiger partial charge in [-0.2, -0.15) is 0 Å². The smallest absolute Gasteiger partial charge is 0.494 e. The normalized spacial score (nSPS) is 25.2. The second-order valence-corrected chi connectivity index (χ2v) is 9.00. The topological polar surface area (TPSA) is 94.3 Å². The van der Waals surface area contributed by atoms with E-state index < -0.39 is 29.8 Å². The van der Waals surface area contributed by atoms with E-state index in [1.54, 1.807) is 20.2 Å². The summed E-state index contributed by atoms with van der Waals surface area (Å²) >= 11 is 0. The van der Waals surface area contributed by atoms with E-state index in [0.29, 0.717) is 23.6 Å². The Kier molecular flexibility index (Phi) is 4.76. The van der Waals surface area contributed by atoms with Crippen molar-refractivity contribution < 1.29 is 28.5 Å². The van der Waals surface area contributed by atoms with Gasteiger partial charge in [0.1, 0.15) is 11.4 Å². The summed E-state index contributed by atoms with van der Waals surface area (Å²) in [6.45, 7) is 8.43. The Morgan fingerprint density at radius 2 is 1.80 bits per heavy atom. The average molecular weight is 414 g/mol. The van der Waals surface area contributed by atoms with Gasteiger partial charge in [-0.1, -0.05) is 11.2 Å². The third kappa shape index (κ3) is 3.21. The van der Waals surface area contributed by atoms with Gasteiger partial charge < -0.3 is 28.6 Å². The Bertz CT molecular complexity index is 972. The molecular weight excluding hydrogens is 387 g/mol. The molecule has 0 spiro atoms. The van der Waals surface area contributed by atoms with Crippen LogP contribution in [0.4, 0.5) is 0 Å². The third-order valence-corrected chi connectivity index (χ3v) is 6.41. The second-order valence-electron chi connectivity index (χ2n) is 9.00. The summed E-state index contributed by atoms with van der Waals surface area (Å²) < 4.78 is 23.2. The van der Waals surface area contributed by atoms with Gasteiger partial charge in [0.2, 0.25) is 5.60 Å². The van der Waals surface area contributed by atoms with Gasteiger partial charge in [0, 0.05) is 31.6 Å². The van der Waals surface area contributed by atoms with Crippen LogP contribution in [0.1, 0.15) is 39.9 Å². The number of rotatable bonds is 4. The molecule has 0 saturated carbocycles. The summed E-state index contributed by atoms with van der Waals surface area (Å²) in [5.41, 5.74) is -0.662. The molecule has 0 unspecified atom stereocenters. The number of methoxy groups -OCH3 is 1. The van der Waals surface area contributed by atoms with Crippen LogP contribution in [-0.4, -0.2) is 60.1 Å². The zero-order valence-electron chi connectivity index (χ0n) is 18.2. The monoisotopic (exact) mass is 414 g/mol. The molecule has 2 fully saturated rings. The minimum Gasteiger partial charge on any atom is -0.497 e. The fraction of sp³-hybridized carbons (Fsp3) is 0.524. The first-order chi connectivity index (χ1) is 14.0. The van der Waals surface area contributed by atoms with Crippen LogP contribution in [0.2, 0.25) is 0 Å². The van der Waals surface area contributed by atoms with Crippen molar-refractivity contribution in [2.45, 2.75) is 50.9 Å². The van der Waals surface area contributed by atoms with Gasteiger partial charge in [0.05, 0.1) is 18.3 Å². The molecule has 9 heteroatoms. The van der Waals surface area contributed by atoms with Crippen molar-refractivity contribution in [1.29, 1.82) is 0 Å². The van der Waals surface area contributed by atoms with E-state index in [4.69, 9.17) is 18.6 Å². The molecule has 1 N–H and O–H groups in total. The summed E-state index contributed by atoms with van der Waals surface area (Å²) in [4.78, 5) is 13.8. The van der Waals surface area contributed by atoms with Gasteiger partial charge in [-0.25, -0.2) is 0 Å². The maximum atomic E-state index is 12.4. The number of hydrogen-bond donors (Lipinski definition) is 1. The van der Waals surface area contributed by atoms with Crippen LogP contribution in [0.3, 0.4) is 0 Å². The molecule has 8 nitrogen and oxygen atoms in total. The molecular formula is C21H27BN2O6. The summed E-state index contributed by atoms with van der Waals surface area (Å²) in [6.07, 6.45) is 0.258. The number of carbonyl (C=O) groups excluding carboxylic acids is 1. The Morgan fingerprint density at radius 1 is 1.13 bits per heavy atom. The van der Waals surface area contributed by atoms with Gasteiger partial charge in [-0.05, 0) is 45.3 Å². The number of nitrogens with zero attached hydrogens (tertiary/aromatic N) is 2. The molecule has 0 radical (unpaired) electrons. The highest BCUT2D eigenvalue weighted by molar-refractivity contribution is 6.62. The lowest BCUT2D eigenvalue weighted by atomic mass is 9.78. The molecule has 0 aliphatic carbocycles. The first-order valence-corrected chi connectivity index (χ1v) is 9.97. The number of aliphatic hydroxyl groups is 1. The lowest BCUT2D eigenvalue weighted by molar-refractivity contribution is -0.144. The quantitative estimate of drug-likeness (QED) is 0.761. The van der Waals surface area contributed by atoms with Gasteiger partial charge in [-0.15, -0.1) is 0 Å². The molecule has 3 heterocycles. The number of hydrogen-bond acceptors (Lipinski definition) is 7. The fourth-order valence-corrected chi connectivity index (χ4v) is 3.69. The Labute approximate surface area is 176 Å². The number of ether oxygens (including phenoxy) is 1. The van der Waals surface area contributed by atoms with Crippen LogP contribution in [-0.2, 0) is 19.7 Å². The van der Waals surface area contributed by atoms with Crippen LogP contribution in [0.15, 0.2) is 28.8 Å². The first-order valence-electron chi connectivity index (χ1n) is 9.97. The van der Waals surface area contributed by atoms with E-state index in [0.717, 1.165) is 5.46 Å². The summed E-state index contributed by atoms with van der Waals surface area (Å²) in [5, 5.41) is 14.9. The molecule has 1 atom stereocenters. The summed E-state index contributed by atoms with van der Waals surface area (Å²) in [7, 11) is 2.66. The van der Waals surface area contributed by atoms with Crippen molar-refractivity contribution in [3.05, 3.63) is 30.0 Å². The lowest BCUT2D eigenvalue weighted by Gasteiger charge is -2.32. The molecule has 1 amide bonds. The number of likely N-dealkylation sites (N-methyl/N-ethyl adjacent to an activating group) is 1. The number of carbonyl (C=O) groups is 1. The van der Waals surface area contributed by atoms with Crippen molar-refractivity contribution in [2.24, 2.45) is 0 Å². The molecule has 160 valence electrons. The molecule has 0 bridgehead atoms. The molecule has 2 aromatic rings. The van der Waals surface area contributed by atoms with Crippen LogP contribution in [0.5, 0.6) is 5.75 Å². The molecule has 4 rings (SSSR count). The van der Waals surface area contributed by atoms with E-state index in [-0.39, 0.29) is 12.2 Å². The van der Waals surface area contributed by atoms with E-state index in [1.165, 1.54) is 4.90 Å². The largest absolute Gasteiger partial charge is 0.497 e. The molecule has 1 aromatic heterocycles. The maximum Gasteiger partial charge on any atom is 0.494 e. The predicted molar refractivity (Wildman–Crippen MR) is 110 cm³/mol. The van der Waals surface area contributed by atoms with Gasteiger partial charge in [0.25, 0.3) is 5.91 Å². The molecule has 2 aliphatic rings. The van der Waals surface area contributed by atoms with Gasteiger partial charge in [-0.3, -0.25) is 4.79 Å². The predicted octanol–water partition coefficient (Wildman–Crippen LogP) is 1.70. The van der Waals surface area contributed by atoms with Crippen LogP contribution >= 0.6 is 0 Å². The minimum atomic E-state index is -1.69. The van der Waals surface area contributed by atoms with Crippen LogP contribution in [0.25, 0.3) is 11.3 Å². The first kappa shape index (κ1) is 20.9. The van der Waals surface area contributed by atoms with E-state index >= 15 is 0 Å². The van der Waals surface area contributed by atoms with Crippen molar-refractivity contribution >= 4 is 18.5 Å². The Balaban J connectivity index is 1.69. The number of benzene rings is 1. The zero-order chi connectivity index (χ0) is 21.9. The third-order valence-electron chi connectivity index (χ3n) is 6.41. The fourth-order valence-electron chi connectivity index (χ4n) is 3.69. The van der Waals surface area contributed by atoms with E-state index in [2.05, 4.69) is 5.16 Å². The van der Waals surface area contributed by atoms with Gasteiger partial charge >= 0.3 is 7.12 Å². The van der Waals surface area contributed by atoms with E-state index in [9.17, 15) is 9.90 Å². The Morgan fingerprint density at radius 3 is 2.37 bits per heavy atom. The highest BCUT2D eigenvalue weighted by Crippen LogP contribution is 2.38. The molecule has 1 aromatic carbocycles. The van der Waals surface area contributed by atoms with Crippen molar-refractivity contribution in [3.63, 3.8) is 0 Å². The zero-order valence-corrected chi connectivity index (χ0v) is 18.2. The molecule has 2 aliphatic heterocycles. The minimum absolute atomic E-state index is 0.131. The van der Waals surface area contributed by atoms with Crippen molar-refractivity contribution in [3.8, 4) is 17.0 Å². The number of aromatic nitrogens is 1. The highest BCUT2D eigenvalue weighted by atomic mass is 16.7. The van der Waals surface area contributed by atoms with Crippen molar-refractivity contribution in [1.82, 2.24) is 10.1 Å². The number of amides is 1. The summed E-state index contributed by atoms with van der Waals surface area (Å²) in [6, 6.07) is 7.15. The molecule has 2 saturated heterocycles. The average Bonchev–Trinajstić information content (AvgIpc) is 3.34. The summed E-state index contributed by atoms with van der Waals surface area (Å²) in [5.74, 6) is 0.345. The standard InChI is InChI=1S/C21H27BN2O6/c1-19(2)20(3,4)30-22(29-19)14-9-13(10-15(11-14)27-6)16-12-17(28-23-16)21(26)7-8-24(5)18(21)25/h9-12,26H,7-8H2,1-6H3/t21-/m1/s1. The second kappa shape index (κ2) is 6.83. The van der Waals surface area contributed by atoms with Crippen molar-refractivity contribution in [2.75, 3.05) is 20.7 Å². The molecule has 30 heavy (non-hydrogen) atoms. The SMILES string of the molecule is COc1cc(B2OC(C)(C)C(C)(C)O2)cc(-c2cc([C@]3(O)CCN(C)C3=O)on2)c1. The van der Waals surface area contributed by atoms with Crippen LogP contribution in [0, 0.1) is 0 Å². The van der Waals surface area contributed by atoms with Gasteiger partial charge in [0.15, 0.2) is 5.76 Å². The lowest BCUT2D eigenvalue weighted by Crippen LogP contribution is -2.41. The maximum absolute atomic E-state index is 12.4.